The summed E-state index contributed by atoms with van der Waals surface area (Å²) >= 11 is 0. The van der Waals surface area contributed by atoms with Gasteiger partial charge in [-0.3, -0.25) is 9.59 Å². The molecular formula is C18H28N2O3. The molecule has 0 fully saturated rings. The van der Waals surface area contributed by atoms with Crippen LogP contribution in [0, 0.1) is 5.41 Å². The first-order valence-corrected chi connectivity index (χ1v) is 8.12. The Morgan fingerprint density at radius 1 is 1.17 bits per heavy atom. The van der Waals surface area contributed by atoms with E-state index < -0.39 is 5.41 Å². The first kappa shape index (κ1) is 19.0. The van der Waals surface area contributed by atoms with Gasteiger partial charge in [0.05, 0.1) is 6.61 Å². The summed E-state index contributed by atoms with van der Waals surface area (Å²) in [6.45, 7) is 8.55. The highest BCUT2D eigenvalue weighted by Crippen LogP contribution is 2.23. The number of hydrogen-bond donors (Lipinski definition) is 1. The van der Waals surface area contributed by atoms with Gasteiger partial charge in [-0.15, -0.1) is 0 Å². The molecule has 1 aromatic rings. The van der Waals surface area contributed by atoms with E-state index in [1.54, 1.807) is 50.1 Å². The molecule has 23 heavy (non-hydrogen) atoms. The summed E-state index contributed by atoms with van der Waals surface area (Å²) in [5, 5.41) is 2.80. The fourth-order valence-corrected chi connectivity index (χ4v) is 2.16. The molecule has 0 saturated carbocycles. The van der Waals surface area contributed by atoms with Crippen LogP contribution < -0.4 is 10.1 Å². The predicted octanol–water partition coefficient (Wildman–Crippen LogP) is 3.31. The molecule has 0 spiro atoms. The minimum Gasteiger partial charge on any atom is -0.494 e. The van der Waals surface area contributed by atoms with Crippen LogP contribution in [0.4, 0.5) is 5.69 Å². The Morgan fingerprint density at radius 2 is 1.78 bits per heavy atom. The van der Waals surface area contributed by atoms with Crippen LogP contribution in [0.15, 0.2) is 24.3 Å². The Kier molecular flexibility index (Phi) is 7.07. The van der Waals surface area contributed by atoms with Crippen LogP contribution in [-0.4, -0.2) is 36.9 Å². The molecule has 5 heteroatoms. The van der Waals surface area contributed by atoms with Crippen molar-refractivity contribution >= 4 is 17.5 Å². The number of anilines is 1. The van der Waals surface area contributed by atoms with Crippen LogP contribution in [0.3, 0.4) is 0 Å². The number of amides is 2. The van der Waals surface area contributed by atoms with E-state index in [4.69, 9.17) is 4.74 Å². The lowest BCUT2D eigenvalue weighted by Crippen LogP contribution is -2.46. The third kappa shape index (κ3) is 5.27. The quantitative estimate of drug-likeness (QED) is 0.748. The van der Waals surface area contributed by atoms with Crippen LogP contribution in [0.5, 0.6) is 5.75 Å². The lowest BCUT2D eigenvalue weighted by molar-refractivity contribution is -0.145. The first-order valence-electron chi connectivity index (χ1n) is 8.12. The second-order valence-electron chi connectivity index (χ2n) is 6.12. The number of benzene rings is 1. The third-order valence-electron chi connectivity index (χ3n) is 3.72. The number of hydrogen-bond acceptors (Lipinski definition) is 3. The van der Waals surface area contributed by atoms with Crippen LogP contribution in [-0.2, 0) is 9.59 Å². The Bertz CT molecular complexity index is 524. The van der Waals surface area contributed by atoms with Crippen molar-refractivity contribution in [3.8, 4) is 5.75 Å². The number of unbranched alkanes of at least 4 members (excludes halogenated alkanes) is 1. The molecule has 1 N–H and O–H groups in total. The van der Waals surface area contributed by atoms with E-state index in [1.165, 1.54) is 0 Å². The third-order valence-corrected chi connectivity index (χ3v) is 3.72. The van der Waals surface area contributed by atoms with Crippen molar-refractivity contribution in [3.05, 3.63) is 24.3 Å². The van der Waals surface area contributed by atoms with Crippen LogP contribution in [0.1, 0.15) is 40.5 Å². The Balaban J connectivity index is 2.72. The van der Waals surface area contributed by atoms with Gasteiger partial charge in [0.15, 0.2) is 0 Å². The van der Waals surface area contributed by atoms with E-state index >= 15 is 0 Å². The van der Waals surface area contributed by atoms with Gasteiger partial charge in [-0.2, -0.15) is 0 Å². The summed E-state index contributed by atoms with van der Waals surface area (Å²) in [5.41, 5.74) is -0.461. The number of nitrogens with one attached hydrogen (secondary N) is 1. The highest BCUT2D eigenvalue weighted by Gasteiger charge is 2.38. The normalized spacial score (nSPS) is 11.0. The zero-order chi connectivity index (χ0) is 17.5. The van der Waals surface area contributed by atoms with Crippen molar-refractivity contribution < 1.29 is 14.3 Å². The van der Waals surface area contributed by atoms with E-state index in [0.717, 1.165) is 18.6 Å². The molecule has 5 nitrogen and oxygen atoms in total. The van der Waals surface area contributed by atoms with Crippen molar-refractivity contribution in [2.75, 3.05) is 25.5 Å². The maximum atomic E-state index is 12.5. The van der Waals surface area contributed by atoms with Gasteiger partial charge >= 0.3 is 0 Å². The zero-order valence-corrected chi connectivity index (χ0v) is 14.8. The Labute approximate surface area is 139 Å². The molecule has 0 saturated heterocycles. The smallest absolute Gasteiger partial charge is 0.239 e. The Morgan fingerprint density at radius 3 is 2.30 bits per heavy atom. The highest BCUT2D eigenvalue weighted by atomic mass is 16.5. The fourth-order valence-electron chi connectivity index (χ4n) is 2.16. The van der Waals surface area contributed by atoms with Crippen LogP contribution in [0.2, 0.25) is 0 Å². The second-order valence-corrected chi connectivity index (χ2v) is 6.12. The summed E-state index contributed by atoms with van der Waals surface area (Å²) in [4.78, 5) is 26.6. The van der Waals surface area contributed by atoms with E-state index in [2.05, 4.69) is 12.2 Å². The summed E-state index contributed by atoms with van der Waals surface area (Å²) in [6, 6.07) is 7.12. The molecule has 1 aromatic carbocycles. The Hall–Kier alpha value is -2.04. The number of carbonyl (C=O) groups excluding carboxylic acids is 2. The van der Waals surface area contributed by atoms with Gasteiger partial charge in [0.25, 0.3) is 0 Å². The van der Waals surface area contributed by atoms with Gasteiger partial charge in [0, 0.05) is 19.3 Å². The van der Waals surface area contributed by atoms with E-state index in [0.29, 0.717) is 18.8 Å². The molecule has 0 aliphatic rings. The van der Waals surface area contributed by atoms with E-state index in [9.17, 15) is 9.59 Å². The minimum atomic E-state index is -1.11. The molecule has 128 valence electrons. The lowest BCUT2D eigenvalue weighted by atomic mass is 9.90. The number of nitrogens with zero attached hydrogens (tertiary/aromatic N) is 1. The molecule has 0 aliphatic carbocycles. The average Bonchev–Trinajstić information content (AvgIpc) is 2.53. The van der Waals surface area contributed by atoms with Gasteiger partial charge in [0.2, 0.25) is 11.8 Å². The van der Waals surface area contributed by atoms with Gasteiger partial charge in [-0.05, 0) is 51.5 Å². The van der Waals surface area contributed by atoms with Gasteiger partial charge in [-0.1, -0.05) is 13.3 Å². The maximum absolute atomic E-state index is 12.5. The van der Waals surface area contributed by atoms with Gasteiger partial charge in [0.1, 0.15) is 11.2 Å². The van der Waals surface area contributed by atoms with Crippen LogP contribution in [0.25, 0.3) is 0 Å². The number of carbonyl (C=O) groups is 2. The summed E-state index contributed by atoms with van der Waals surface area (Å²) in [6.07, 6.45) is 1.94. The van der Waals surface area contributed by atoms with E-state index in [-0.39, 0.29) is 11.8 Å². The standard InChI is InChI=1S/C18H28N2O3/c1-6-8-13-20(5)17(22)18(3,4)16(21)19-14-9-11-15(12-10-14)23-7-2/h9-12H,6-8,13H2,1-5H3,(H,19,21). The summed E-state index contributed by atoms with van der Waals surface area (Å²) in [7, 11) is 1.74. The largest absolute Gasteiger partial charge is 0.494 e. The molecule has 0 unspecified atom stereocenters. The van der Waals surface area contributed by atoms with Crippen molar-refractivity contribution in [2.45, 2.75) is 40.5 Å². The van der Waals surface area contributed by atoms with Crippen molar-refractivity contribution in [1.29, 1.82) is 0 Å². The fraction of sp³-hybridized carbons (Fsp3) is 0.556. The van der Waals surface area contributed by atoms with Crippen molar-refractivity contribution in [3.63, 3.8) is 0 Å². The second kappa shape index (κ2) is 8.56. The lowest BCUT2D eigenvalue weighted by Gasteiger charge is -2.28. The SMILES string of the molecule is CCCCN(C)C(=O)C(C)(C)C(=O)Nc1ccc(OCC)cc1. The maximum Gasteiger partial charge on any atom is 0.239 e. The molecule has 0 aliphatic heterocycles. The van der Waals surface area contributed by atoms with Crippen LogP contribution >= 0.6 is 0 Å². The molecule has 0 bridgehead atoms. The molecule has 0 atom stereocenters. The average molecular weight is 320 g/mol. The zero-order valence-electron chi connectivity index (χ0n) is 14.8. The number of rotatable bonds is 8. The minimum absolute atomic E-state index is 0.172. The highest BCUT2D eigenvalue weighted by molar-refractivity contribution is 6.09. The molecule has 0 heterocycles. The summed E-state index contributed by atoms with van der Waals surface area (Å²) in [5.74, 6) is 0.268. The van der Waals surface area contributed by atoms with Gasteiger partial charge in [-0.25, -0.2) is 0 Å². The molecular weight excluding hydrogens is 292 g/mol. The van der Waals surface area contributed by atoms with Crippen molar-refractivity contribution in [1.82, 2.24) is 4.90 Å². The first-order chi connectivity index (χ1) is 10.8. The molecule has 0 aromatic heterocycles. The van der Waals surface area contributed by atoms with Crippen molar-refractivity contribution in [2.24, 2.45) is 5.41 Å². The molecule has 1 rings (SSSR count). The predicted molar refractivity (Wildman–Crippen MR) is 92.6 cm³/mol. The molecule has 2 amide bonds. The monoisotopic (exact) mass is 320 g/mol. The van der Waals surface area contributed by atoms with Gasteiger partial charge < -0.3 is 15.0 Å². The number of ether oxygens (including phenoxy) is 1. The van der Waals surface area contributed by atoms with E-state index in [1.807, 2.05) is 6.92 Å². The molecule has 0 radical (unpaired) electrons. The summed E-state index contributed by atoms with van der Waals surface area (Å²) < 4.78 is 5.37. The topological polar surface area (TPSA) is 58.6 Å².